The molecule has 0 saturated carbocycles. The molecule has 2 heterocycles. The van der Waals surface area contributed by atoms with Crippen LogP contribution in [0, 0.1) is 5.95 Å². The standard InChI is InChI=1S/C17H16FN3OS/c1-22-12-7-8-13-14(10-12)23-16(20-13)5-3-2-4-11-6-9-15(19)21-17(11)18/h2-9,14H,10H2,1H3,(H2,19,21)/b4-2+,5-3+. The van der Waals surface area contributed by atoms with Crippen molar-refractivity contribution < 1.29 is 9.13 Å². The highest BCUT2D eigenvalue weighted by atomic mass is 32.2. The van der Waals surface area contributed by atoms with E-state index in [1.54, 1.807) is 43.2 Å². The number of rotatable bonds is 4. The van der Waals surface area contributed by atoms with Crippen LogP contribution in [-0.2, 0) is 4.74 Å². The molecule has 118 valence electrons. The monoisotopic (exact) mass is 329 g/mol. The Labute approximate surface area is 138 Å². The lowest BCUT2D eigenvalue weighted by molar-refractivity contribution is 0.277. The Morgan fingerprint density at radius 1 is 1.30 bits per heavy atom. The average molecular weight is 329 g/mol. The number of aromatic nitrogens is 1. The van der Waals surface area contributed by atoms with E-state index in [0.717, 1.165) is 22.9 Å². The summed E-state index contributed by atoms with van der Waals surface area (Å²) in [6.45, 7) is 0. The molecular formula is C17H16FN3OS. The fourth-order valence-corrected chi connectivity index (χ4v) is 3.37. The van der Waals surface area contributed by atoms with Gasteiger partial charge in [0.25, 0.3) is 0 Å². The molecule has 1 aromatic rings. The summed E-state index contributed by atoms with van der Waals surface area (Å²) in [5, 5.41) is 1.25. The number of ether oxygens (including phenoxy) is 1. The van der Waals surface area contributed by atoms with Gasteiger partial charge >= 0.3 is 0 Å². The van der Waals surface area contributed by atoms with E-state index >= 15 is 0 Å². The van der Waals surface area contributed by atoms with Gasteiger partial charge in [0, 0.05) is 12.0 Å². The van der Waals surface area contributed by atoms with Crippen molar-refractivity contribution in [1.82, 2.24) is 4.98 Å². The van der Waals surface area contributed by atoms with Crippen molar-refractivity contribution in [2.24, 2.45) is 4.99 Å². The van der Waals surface area contributed by atoms with Gasteiger partial charge in [-0.1, -0.05) is 30.0 Å². The molecule has 4 nitrogen and oxygen atoms in total. The number of methoxy groups -OCH3 is 1. The third-order valence-electron chi connectivity index (χ3n) is 3.45. The molecule has 0 saturated heterocycles. The Kier molecular flexibility index (Phi) is 4.62. The molecule has 1 atom stereocenters. The van der Waals surface area contributed by atoms with Crippen LogP contribution in [0.4, 0.5) is 10.2 Å². The summed E-state index contributed by atoms with van der Waals surface area (Å²) in [4.78, 5) is 8.15. The first kappa shape index (κ1) is 15.6. The van der Waals surface area contributed by atoms with Gasteiger partial charge in [-0.15, -0.1) is 0 Å². The van der Waals surface area contributed by atoms with Gasteiger partial charge in [0.1, 0.15) is 5.82 Å². The van der Waals surface area contributed by atoms with Crippen LogP contribution < -0.4 is 5.73 Å². The number of hydrogen-bond donors (Lipinski definition) is 1. The largest absolute Gasteiger partial charge is 0.501 e. The number of fused-ring (bicyclic) bond motifs is 1. The molecule has 2 aliphatic rings. The van der Waals surface area contributed by atoms with E-state index in [2.05, 4.69) is 9.98 Å². The maximum atomic E-state index is 13.5. The van der Waals surface area contributed by atoms with Crippen LogP contribution in [-0.4, -0.2) is 22.4 Å². The SMILES string of the molecule is COC1=CC=C2N=C(/C=C/C=C/c3ccc(N)nc3F)SC2C1. The lowest BCUT2D eigenvalue weighted by Crippen LogP contribution is -2.07. The van der Waals surface area contributed by atoms with Gasteiger partial charge in [0.05, 0.1) is 28.9 Å². The zero-order chi connectivity index (χ0) is 16.2. The molecule has 1 unspecified atom stereocenters. The van der Waals surface area contributed by atoms with E-state index in [1.807, 2.05) is 24.3 Å². The summed E-state index contributed by atoms with van der Waals surface area (Å²) in [6, 6.07) is 3.17. The van der Waals surface area contributed by atoms with Crippen molar-refractivity contribution in [3.63, 3.8) is 0 Å². The Morgan fingerprint density at radius 2 is 2.13 bits per heavy atom. The van der Waals surface area contributed by atoms with Crippen LogP contribution in [0.15, 0.2) is 59.0 Å². The van der Waals surface area contributed by atoms with Gasteiger partial charge in [0.15, 0.2) is 0 Å². The van der Waals surface area contributed by atoms with Gasteiger partial charge in [-0.25, -0.2) is 9.98 Å². The number of nitrogen functional groups attached to an aromatic ring is 1. The van der Waals surface area contributed by atoms with Crippen molar-refractivity contribution in [1.29, 1.82) is 0 Å². The lowest BCUT2D eigenvalue weighted by Gasteiger charge is -2.15. The fraction of sp³-hybridized carbons (Fsp3) is 0.176. The zero-order valence-electron chi connectivity index (χ0n) is 12.6. The third-order valence-corrected chi connectivity index (χ3v) is 4.61. The van der Waals surface area contributed by atoms with Crippen molar-refractivity contribution in [3.05, 3.63) is 65.5 Å². The van der Waals surface area contributed by atoms with E-state index in [9.17, 15) is 4.39 Å². The van der Waals surface area contributed by atoms with Crippen LogP contribution in [0.5, 0.6) is 0 Å². The predicted octanol–water partition coefficient (Wildman–Crippen LogP) is 3.70. The molecule has 0 bridgehead atoms. The maximum Gasteiger partial charge on any atom is 0.222 e. The van der Waals surface area contributed by atoms with Crippen molar-refractivity contribution in [3.8, 4) is 0 Å². The topological polar surface area (TPSA) is 60.5 Å². The second-order valence-corrected chi connectivity index (χ2v) is 6.25. The molecule has 2 N–H and O–H groups in total. The first-order valence-corrected chi connectivity index (χ1v) is 8.00. The lowest BCUT2D eigenvalue weighted by atomic mass is 10.1. The number of nitrogens with zero attached hydrogens (tertiary/aromatic N) is 2. The Bertz CT molecular complexity index is 765. The minimum absolute atomic E-state index is 0.173. The highest BCUT2D eigenvalue weighted by molar-refractivity contribution is 8.15. The molecule has 0 amide bonds. The average Bonchev–Trinajstić information content (AvgIpc) is 2.94. The summed E-state index contributed by atoms with van der Waals surface area (Å²) in [6.07, 6.45) is 12.0. The van der Waals surface area contributed by atoms with Gasteiger partial charge in [0.2, 0.25) is 5.95 Å². The molecule has 1 aliphatic carbocycles. The normalized spacial score (nSPS) is 20.4. The van der Waals surface area contributed by atoms with Crippen LogP contribution >= 0.6 is 11.8 Å². The molecule has 1 aliphatic heterocycles. The van der Waals surface area contributed by atoms with E-state index in [-0.39, 0.29) is 5.82 Å². The minimum atomic E-state index is -0.573. The number of nitrogens with two attached hydrogens (primary N) is 1. The summed E-state index contributed by atoms with van der Waals surface area (Å²) in [5.74, 6) is 0.571. The first-order valence-electron chi connectivity index (χ1n) is 7.12. The molecule has 0 radical (unpaired) electrons. The Hall–Kier alpha value is -2.34. The van der Waals surface area contributed by atoms with E-state index in [0.29, 0.717) is 10.8 Å². The number of hydrogen-bond acceptors (Lipinski definition) is 5. The number of thioether (sulfide) groups is 1. The highest BCUT2D eigenvalue weighted by Gasteiger charge is 2.26. The summed E-state index contributed by atoms with van der Waals surface area (Å²) < 4.78 is 18.8. The minimum Gasteiger partial charge on any atom is -0.501 e. The second-order valence-electron chi connectivity index (χ2n) is 5.02. The number of halogens is 1. The van der Waals surface area contributed by atoms with Gasteiger partial charge in [-0.3, -0.25) is 0 Å². The molecule has 0 fully saturated rings. The van der Waals surface area contributed by atoms with E-state index < -0.39 is 5.95 Å². The van der Waals surface area contributed by atoms with Crippen molar-refractivity contribution >= 4 is 28.7 Å². The van der Waals surface area contributed by atoms with E-state index in [4.69, 9.17) is 10.5 Å². The van der Waals surface area contributed by atoms with Crippen LogP contribution in [0.2, 0.25) is 0 Å². The number of aliphatic imine (C=N–C) groups is 1. The quantitative estimate of drug-likeness (QED) is 0.676. The molecule has 0 spiro atoms. The van der Waals surface area contributed by atoms with Gasteiger partial charge in [-0.2, -0.15) is 4.39 Å². The summed E-state index contributed by atoms with van der Waals surface area (Å²) >= 11 is 1.70. The smallest absolute Gasteiger partial charge is 0.222 e. The fourth-order valence-electron chi connectivity index (χ4n) is 2.26. The predicted molar refractivity (Wildman–Crippen MR) is 93.4 cm³/mol. The molecule has 3 rings (SSSR count). The number of allylic oxidation sites excluding steroid dienone is 5. The maximum absolute atomic E-state index is 13.5. The van der Waals surface area contributed by atoms with E-state index in [1.165, 1.54) is 0 Å². The Balaban J connectivity index is 1.64. The van der Waals surface area contributed by atoms with Crippen LogP contribution in [0.1, 0.15) is 12.0 Å². The summed E-state index contributed by atoms with van der Waals surface area (Å²) in [5.41, 5.74) is 6.88. The third kappa shape index (κ3) is 3.71. The molecule has 23 heavy (non-hydrogen) atoms. The van der Waals surface area contributed by atoms with Crippen LogP contribution in [0.3, 0.4) is 0 Å². The second kappa shape index (κ2) is 6.83. The molecule has 1 aromatic heterocycles. The summed E-state index contributed by atoms with van der Waals surface area (Å²) in [7, 11) is 1.68. The van der Waals surface area contributed by atoms with Crippen molar-refractivity contribution in [2.75, 3.05) is 12.8 Å². The number of anilines is 1. The molecule has 0 aromatic carbocycles. The van der Waals surface area contributed by atoms with Gasteiger partial charge < -0.3 is 10.5 Å². The molecular weight excluding hydrogens is 313 g/mol. The number of pyridine rings is 1. The highest BCUT2D eigenvalue weighted by Crippen LogP contribution is 2.37. The Morgan fingerprint density at radius 3 is 2.91 bits per heavy atom. The molecule has 6 heteroatoms. The van der Waals surface area contributed by atoms with Crippen molar-refractivity contribution in [2.45, 2.75) is 11.7 Å². The van der Waals surface area contributed by atoms with Crippen LogP contribution in [0.25, 0.3) is 6.08 Å². The first-order chi connectivity index (χ1) is 11.2. The van der Waals surface area contributed by atoms with Gasteiger partial charge in [-0.05, 0) is 30.4 Å². The zero-order valence-corrected chi connectivity index (χ0v) is 13.4.